The van der Waals surface area contributed by atoms with Crippen LogP contribution in [-0.4, -0.2) is 23.2 Å². The summed E-state index contributed by atoms with van der Waals surface area (Å²) in [4.78, 5) is 19.5. The molecule has 0 atom stereocenters. The average molecular weight is 403 g/mol. The number of allylic oxidation sites excluding steroid dienone is 1. The van der Waals surface area contributed by atoms with Crippen LogP contribution in [-0.2, 0) is 0 Å². The molecule has 0 saturated heterocycles. The van der Waals surface area contributed by atoms with Gasteiger partial charge in [-0.3, -0.25) is 4.79 Å². The van der Waals surface area contributed by atoms with E-state index in [2.05, 4.69) is 23.0 Å². The van der Waals surface area contributed by atoms with Gasteiger partial charge in [0, 0.05) is 0 Å². The highest BCUT2D eigenvalue weighted by Crippen LogP contribution is 2.30. The van der Waals surface area contributed by atoms with Gasteiger partial charge >= 0.3 is 0 Å². The van der Waals surface area contributed by atoms with E-state index in [4.69, 9.17) is 9.47 Å². The standard InChI is InChI=1S/C24H25N3O3/c1-3-5-8-13-30-21-12-11-17(15-22(21)29-4-2)14-18(16-25)23-26-20-10-7-6-9-19(20)24(28)27-23/h6-7,9-12,14-15H,3-5,8,13H2,1-2H3,(H,26,27,28)/b18-14-. The molecular weight excluding hydrogens is 378 g/mol. The summed E-state index contributed by atoms with van der Waals surface area (Å²) in [6, 6.07) is 14.7. The molecule has 6 heteroatoms. The fourth-order valence-electron chi connectivity index (χ4n) is 3.07. The highest BCUT2D eigenvalue weighted by atomic mass is 16.5. The second-order valence-corrected chi connectivity index (χ2v) is 6.80. The lowest BCUT2D eigenvalue weighted by atomic mass is 10.1. The van der Waals surface area contributed by atoms with Crippen molar-refractivity contribution >= 4 is 22.6 Å². The van der Waals surface area contributed by atoms with E-state index in [9.17, 15) is 10.1 Å². The van der Waals surface area contributed by atoms with Crippen LogP contribution < -0.4 is 15.0 Å². The number of hydrogen-bond donors (Lipinski definition) is 1. The van der Waals surface area contributed by atoms with Gasteiger partial charge in [-0.15, -0.1) is 0 Å². The van der Waals surface area contributed by atoms with Crippen LogP contribution in [0.2, 0.25) is 0 Å². The summed E-state index contributed by atoms with van der Waals surface area (Å²) in [5, 5.41) is 10.1. The number of H-pyrrole nitrogens is 1. The quantitative estimate of drug-likeness (QED) is 0.403. The van der Waals surface area contributed by atoms with Crippen molar-refractivity contribution in [2.45, 2.75) is 33.1 Å². The number of rotatable bonds is 9. The second-order valence-electron chi connectivity index (χ2n) is 6.80. The third-order valence-electron chi connectivity index (χ3n) is 4.57. The molecule has 0 spiro atoms. The number of para-hydroxylation sites is 1. The molecule has 0 aliphatic rings. The number of hydrogen-bond acceptors (Lipinski definition) is 5. The van der Waals surface area contributed by atoms with Crippen LogP contribution in [0.3, 0.4) is 0 Å². The molecule has 6 nitrogen and oxygen atoms in total. The lowest BCUT2D eigenvalue weighted by Gasteiger charge is -2.12. The van der Waals surface area contributed by atoms with Gasteiger partial charge in [0.1, 0.15) is 6.07 Å². The Morgan fingerprint density at radius 1 is 1.13 bits per heavy atom. The number of nitrogens with zero attached hydrogens (tertiary/aromatic N) is 2. The first kappa shape index (κ1) is 21.1. The smallest absolute Gasteiger partial charge is 0.259 e. The van der Waals surface area contributed by atoms with Crippen molar-refractivity contribution in [3.05, 3.63) is 64.2 Å². The van der Waals surface area contributed by atoms with Crippen LogP contribution >= 0.6 is 0 Å². The Balaban J connectivity index is 1.93. The fourth-order valence-corrected chi connectivity index (χ4v) is 3.07. The molecule has 0 fully saturated rings. The maximum Gasteiger partial charge on any atom is 0.259 e. The number of nitriles is 1. The molecule has 30 heavy (non-hydrogen) atoms. The van der Waals surface area contributed by atoms with Gasteiger partial charge in [-0.1, -0.05) is 38.0 Å². The van der Waals surface area contributed by atoms with Crippen LogP contribution in [0.5, 0.6) is 11.5 Å². The zero-order chi connectivity index (χ0) is 21.3. The fraction of sp³-hybridized carbons (Fsp3) is 0.292. The normalized spacial score (nSPS) is 11.3. The second kappa shape index (κ2) is 10.3. The molecule has 1 N–H and O–H groups in total. The van der Waals surface area contributed by atoms with Gasteiger partial charge < -0.3 is 14.5 Å². The minimum atomic E-state index is -0.275. The SMILES string of the molecule is CCCCCOc1ccc(/C=C(/C#N)c2nc3ccccc3c(=O)[nH]2)cc1OCC. The zero-order valence-electron chi connectivity index (χ0n) is 17.3. The van der Waals surface area contributed by atoms with E-state index >= 15 is 0 Å². The Labute approximate surface area is 175 Å². The van der Waals surface area contributed by atoms with Crippen molar-refractivity contribution in [1.29, 1.82) is 5.26 Å². The highest BCUT2D eigenvalue weighted by molar-refractivity contribution is 5.89. The van der Waals surface area contributed by atoms with Crippen molar-refractivity contribution in [3.63, 3.8) is 0 Å². The maximum absolute atomic E-state index is 12.3. The minimum Gasteiger partial charge on any atom is -0.490 e. The molecule has 0 bridgehead atoms. The molecule has 0 aliphatic heterocycles. The number of aromatic nitrogens is 2. The Morgan fingerprint density at radius 3 is 2.73 bits per heavy atom. The molecule has 0 aliphatic carbocycles. The van der Waals surface area contributed by atoms with Crippen molar-refractivity contribution in [2.75, 3.05) is 13.2 Å². The summed E-state index contributed by atoms with van der Waals surface area (Å²) in [6.07, 6.45) is 4.92. The molecule has 3 aromatic rings. The molecule has 1 heterocycles. The number of fused-ring (bicyclic) bond motifs is 1. The van der Waals surface area contributed by atoms with Gasteiger partial charge in [0.25, 0.3) is 5.56 Å². The largest absolute Gasteiger partial charge is 0.490 e. The molecule has 3 rings (SSSR count). The van der Waals surface area contributed by atoms with Gasteiger partial charge in [-0.25, -0.2) is 4.98 Å². The monoisotopic (exact) mass is 403 g/mol. The Hall–Kier alpha value is -3.59. The van der Waals surface area contributed by atoms with Crippen molar-refractivity contribution < 1.29 is 9.47 Å². The van der Waals surface area contributed by atoms with Crippen LogP contribution in [0, 0.1) is 11.3 Å². The molecule has 0 unspecified atom stereocenters. The summed E-state index contributed by atoms with van der Waals surface area (Å²) < 4.78 is 11.6. The van der Waals surface area contributed by atoms with Gasteiger partial charge in [0.2, 0.25) is 0 Å². The summed E-state index contributed by atoms with van der Waals surface area (Å²) in [5.74, 6) is 1.54. The molecule has 2 aromatic carbocycles. The average Bonchev–Trinajstić information content (AvgIpc) is 2.76. The Morgan fingerprint density at radius 2 is 1.97 bits per heavy atom. The highest BCUT2D eigenvalue weighted by Gasteiger charge is 2.10. The van der Waals surface area contributed by atoms with Gasteiger partial charge in [0.05, 0.1) is 29.7 Å². The van der Waals surface area contributed by atoms with Crippen molar-refractivity contribution in [2.24, 2.45) is 0 Å². The first-order valence-corrected chi connectivity index (χ1v) is 10.2. The van der Waals surface area contributed by atoms with E-state index < -0.39 is 0 Å². The third kappa shape index (κ3) is 5.06. The summed E-state index contributed by atoms with van der Waals surface area (Å²) in [5.41, 5.74) is 1.29. The van der Waals surface area contributed by atoms with Gasteiger partial charge in [-0.05, 0) is 49.2 Å². The molecular formula is C24H25N3O3. The lowest BCUT2D eigenvalue weighted by Crippen LogP contribution is -2.11. The molecule has 1 aromatic heterocycles. The van der Waals surface area contributed by atoms with E-state index in [1.54, 1.807) is 24.3 Å². The Bertz CT molecular complexity index is 1140. The van der Waals surface area contributed by atoms with Gasteiger partial charge in [-0.2, -0.15) is 5.26 Å². The summed E-state index contributed by atoms with van der Waals surface area (Å²) in [7, 11) is 0. The zero-order valence-corrected chi connectivity index (χ0v) is 17.3. The van der Waals surface area contributed by atoms with Gasteiger partial charge in [0.15, 0.2) is 17.3 Å². The number of ether oxygens (including phenoxy) is 2. The first-order valence-electron chi connectivity index (χ1n) is 10.2. The predicted molar refractivity (Wildman–Crippen MR) is 118 cm³/mol. The first-order chi connectivity index (χ1) is 14.7. The van der Waals surface area contributed by atoms with E-state index in [0.29, 0.717) is 35.6 Å². The van der Waals surface area contributed by atoms with E-state index in [-0.39, 0.29) is 17.0 Å². The molecule has 0 saturated carbocycles. The van der Waals surface area contributed by atoms with Crippen LogP contribution in [0.1, 0.15) is 44.5 Å². The Kier molecular flexibility index (Phi) is 7.23. The molecule has 0 amide bonds. The van der Waals surface area contributed by atoms with Crippen molar-refractivity contribution in [1.82, 2.24) is 9.97 Å². The number of aromatic amines is 1. The number of benzene rings is 2. The van der Waals surface area contributed by atoms with E-state index in [1.807, 2.05) is 31.2 Å². The van der Waals surface area contributed by atoms with E-state index in [0.717, 1.165) is 24.8 Å². The van der Waals surface area contributed by atoms with Crippen LogP contribution in [0.4, 0.5) is 0 Å². The third-order valence-corrected chi connectivity index (χ3v) is 4.57. The molecule has 154 valence electrons. The van der Waals surface area contributed by atoms with Crippen LogP contribution in [0.25, 0.3) is 22.6 Å². The minimum absolute atomic E-state index is 0.235. The summed E-state index contributed by atoms with van der Waals surface area (Å²) in [6.45, 7) is 5.20. The van der Waals surface area contributed by atoms with Crippen molar-refractivity contribution in [3.8, 4) is 17.6 Å². The number of nitrogens with one attached hydrogen (secondary N) is 1. The predicted octanol–water partition coefficient (Wildman–Crippen LogP) is 4.95. The summed E-state index contributed by atoms with van der Waals surface area (Å²) >= 11 is 0. The maximum atomic E-state index is 12.3. The molecule has 0 radical (unpaired) electrons. The topological polar surface area (TPSA) is 88.0 Å². The van der Waals surface area contributed by atoms with E-state index in [1.165, 1.54) is 0 Å². The lowest BCUT2D eigenvalue weighted by molar-refractivity contribution is 0.271. The van der Waals surface area contributed by atoms with Crippen LogP contribution in [0.15, 0.2) is 47.3 Å². The number of unbranched alkanes of at least 4 members (excludes halogenated alkanes) is 2.